The van der Waals surface area contributed by atoms with Crippen LogP contribution >= 0.6 is 0 Å². The molecule has 0 aromatic heterocycles. The molecule has 1 rings (SSSR count). The van der Waals surface area contributed by atoms with Crippen molar-refractivity contribution in [3.8, 4) is 0 Å². The van der Waals surface area contributed by atoms with Gasteiger partial charge in [0.15, 0.2) is 0 Å². The summed E-state index contributed by atoms with van der Waals surface area (Å²) in [5.74, 6) is 5.39. The molecule has 1 atom stereocenters. The molecule has 0 aliphatic heterocycles. The third-order valence-electron chi connectivity index (χ3n) is 3.37. The van der Waals surface area contributed by atoms with E-state index in [0.29, 0.717) is 5.56 Å². The largest absolute Gasteiger partial charge is 0.379 e. The fourth-order valence-corrected chi connectivity index (χ4v) is 1.82. The first-order valence-corrected chi connectivity index (χ1v) is 6.17. The van der Waals surface area contributed by atoms with Gasteiger partial charge < -0.3 is 4.74 Å². The van der Waals surface area contributed by atoms with Gasteiger partial charge in [-0.15, -0.1) is 0 Å². The zero-order valence-corrected chi connectivity index (χ0v) is 11.6. The minimum absolute atomic E-state index is 0.0127. The van der Waals surface area contributed by atoms with Gasteiger partial charge in [0.2, 0.25) is 0 Å². The molecule has 0 aliphatic rings. The van der Waals surface area contributed by atoms with E-state index >= 15 is 0 Å². The van der Waals surface area contributed by atoms with Crippen LogP contribution < -0.4 is 11.3 Å². The molecule has 0 amide bonds. The molecule has 0 spiro atoms. The van der Waals surface area contributed by atoms with Crippen LogP contribution in [0.3, 0.4) is 0 Å². The highest BCUT2D eigenvalue weighted by Gasteiger charge is 2.20. The van der Waals surface area contributed by atoms with Gasteiger partial charge in [-0.1, -0.05) is 12.1 Å². The monoisotopic (exact) mass is 254 g/mol. The molecule has 0 saturated carbocycles. The molecule has 18 heavy (non-hydrogen) atoms. The summed E-state index contributed by atoms with van der Waals surface area (Å²) in [6, 6.07) is 5.10. The molecule has 102 valence electrons. The fraction of sp³-hybridized carbons (Fsp3) is 0.571. The van der Waals surface area contributed by atoms with E-state index in [1.165, 1.54) is 6.07 Å². The Balaban J connectivity index is 2.74. The number of nitrogens with one attached hydrogen (secondary N) is 1. The summed E-state index contributed by atoms with van der Waals surface area (Å²) >= 11 is 0. The van der Waals surface area contributed by atoms with Gasteiger partial charge in [0.1, 0.15) is 5.82 Å². The van der Waals surface area contributed by atoms with Gasteiger partial charge in [0.05, 0.1) is 5.60 Å². The number of hydrogen-bond donors (Lipinski definition) is 2. The Kier molecular flexibility index (Phi) is 5.26. The molecular weight excluding hydrogens is 231 g/mol. The van der Waals surface area contributed by atoms with Gasteiger partial charge in [-0.05, 0) is 50.8 Å². The van der Waals surface area contributed by atoms with Crippen LogP contribution in [0.5, 0.6) is 0 Å². The maximum absolute atomic E-state index is 13.2. The van der Waals surface area contributed by atoms with E-state index in [9.17, 15) is 4.39 Å². The third kappa shape index (κ3) is 4.05. The van der Waals surface area contributed by atoms with Crippen molar-refractivity contribution in [1.29, 1.82) is 0 Å². The fourth-order valence-electron chi connectivity index (χ4n) is 1.82. The molecule has 0 heterocycles. The molecule has 0 fully saturated rings. The molecule has 0 bridgehead atoms. The van der Waals surface area contributed by atoms with E-state index in [0.717, 1.165) is 18.4 Å². The van der Waals surface area contributed by atoms with Gasteiger partial charge in [-0.2, -0.15) is 0 Å². The van der Waals surface area contributed by atoms with Crippen LogP contribution in [0.4, 0.5) is 4.39 Å². The number of aryl methyl sites for hydroxylation is 1. The maximum Gasteiger partial charge on any atom is 0.126 e. The van der Waals surface area contributed by atoms with Crippen molar-refractivity contribution in [2.75, 3.05) is 7.11 Å². The Morgan fingerprint density at radius 2 is 2.11 bits per heavy atom. The van der Waals surface area contributed by atoms with Crippen molar-refractivity contribution < 1.29 is 9.13 Å². The molecule has 3 N–H and O–H groups in total. The molecule has 0 radical (unpaired) electrons. The summed E-state index contributed by atoms with van der Waals surface area (Å²) in [4.78, 5) is 0. The van der Waals surface area contributed by atoms with Gasteiger partial charge in [-0.25, -0.2) is 4.39 Å². The second-order valence-electron chi connectivity index (χ2n) is 5.23. The topological polar surface area (TPSA) is 47.3 Å². The van der Waals surface area contributed by atoms with E-state index < -0.39 is 0 Å². The van der Waals surface area contributed by atoms with Crippen LogP contribution in [0.15, 0.2) is 18.2 Å². The van der Waals surface area contributed by atoms with Crippen LogP contribution in [0.1, 0.15) is 43.9 Å². The van der Waals surface area contributed by atoms with E-state index in [2.05, 4.69) is 5.43 Å². The lowest BCUT2D eigenvalue weighted by molar-refractivity contribution is 0.0117. The molecule has 1 unspecified atom stereocenters. The van der Waals surface area contributed by atoms with Crippen LogP contribution in [0.2, 0.25) is 0 Å². The zero-order chi connectivity index (χ0) is 13.8. The van der Waals surface area contributed by atoms with Crippen molar-refractivity contribution in [2.45, 2.75) is 45.3 Å². The summed E-state index contributed by atoms with van der Waals surface area (Å²) in [5, 5.41) is 0. The van der Waals surface area contributed by atoms with Crippen LogP contribution in [0, 0.1) is 12.7 Å². The van der Waals surface area contributed by atoms with Crippen molar-refractivity contribution in [3.05, 3.63) is 35.1 Å². The number of ether oxygens (including phenoxy) is 1. The van der Waals surface area contributed by atoms with E-state index in [4.69, 9.17) is 10.6 Å². The lowest BCUT2D eigenvalue weighted by Gasteiger charge is -2.26. The lowest BCUT2D eigenvalue weighted by atomic mass is 9.94. The van der Waals surface area contributed by atoms with Gasteiger partial charge in [0.25, 0.3) is 0 Å². The highest BCUT2D eigenvalue weighted by Crippen LogP contribution is 2.25. The lowest BCUT2D eigenvalue weighted by Crippen LogP contribution is -2.31. The van der Waals surface area contributed by atoms with Crippen LogP contribution in [-0.2, 0) is 4.74 Å². The number of rotatable bonds is 6. The number of benzene rings is 1. The highest BCUT2D eigenvalue weighted by molar-refractivity contribution is 5.26. The van der Waals surface area contributed by atoms with Gasteiger partial charge in [-0.3, -0.25) is 11.3 Å². The summed E-state index contributed by atoms with van der Waals surface area (Å²) in [6.45, 7) is 5.83. The second kappa shape index (κ2) is 6.27. The minimum atomic E-state index is -0.188. The molecule has 0 aliphatic carbocycles. The summed E-state index contributed by atoms with van der Waals surface area (Å²) in [5.41, 5.74) is 4.25. The molecule has 1 aromatic carbocycles. The Hall–Kier alpha value is -0.970. The Morgan fingerprint density at radius 3 is 2.61 bits per heavy atom. The second-order valence-corrected chi connectivity index (χ2v) is 5.23. The van der Waals surface area contributed by atoms with E-state index in [1.54, 1.807) is 20.1 Å². The first-order valence-electron chi connectivity index (χ1n) is 6.17. The average molecular weight is 254 g/mol. The molecule has 4 heteroatoms. The zero-order valence-electron chi connectivity index (χ0n) is 11.6. The smallest absolute Gasteiger partial charge is 0.126 e. The predicted octanol–water partition coefficient (Wildman–Crippen LogP) is 2.84. The quantitative estimate of drug-likeness (QED) is 0.606. The third-order valence-corrected chi connectivity index (χ3v) is 3.37. The number of hydrogen-bond acceptors (Lipinski definition) is 3. The van der Waals surface area contributed by atoms with Crippen molar-refractivity contribution >= 4 is 0 Å². The van der Waals surface area contributed by atoms with Crippen LogP contribution in [-0.4, -0.2) is 12.7 Å². The minimum Gasteiger partial charge on any atom is -0.379 e. The predicted molar refractivity (Wildman–Crippen MR) is 71.5 cm³/mol. The van der Waals surface area contributed by atoms with E-state index in [1.807, 2.05) is 19.9 Å². The normalized spacial score (nSPS) is 13.7. The Morgan fingerprint density at radius 1 is 1.44 bits per heavy atom. The summed E-state index contributed by atoms with van der Waals surface area (Å²) in [6.07, 6.45) is 1.71. The number of nitrogens with two attached hydrogens (primary N) is 1. The first kappa shape index (κ1) is 15.1. The van der Waals surface area contributed by atoms with Crippen LogP contribution in [0.25, 0.3) is 0 Å². The molecule has 0 saturated heterocycles. The Labute approximate surface area is 108 Å². The standard InChI is InChI=1S/C14H23FN2O/c1-10-9-11(5-6-12(10)15)13(17-16)7-8-14(2,3)18-4/h5-6,9,13,17H,7-8,16H2,1-4H3. The van der Waals surface area contributed by atoms with Crippen molar-refractivity contribution in [1.82, 2.24) is 5.43 Å². The SMILES string of the molecule is COC(C)(C)CCC(NN)c1ccc(F)c(C)c1. The number of halogens is 1. The molecular formula is C14H23FN2O. The summed E-state index contributed by atoms with van der Waals surface area (Å²) < 4.78 is 18.6. The summed E-state index contributed by atoms with van der Waals surface area (Å²) in [7, 11) is 1.70. The Bertz CT molecular complexity index is 393. The van der Waals surface area contributed by atoms with Gasteiger partial charge >= 0.3 is 0 Å². The molecule has 3 nitrogen and oxygen atoms in total. The average Bonchev–Trinajstić information content (AvgIpc) is 2.34. The number of hydrazine groups is 1. The van der Waals surface area contributed by atoms with Gasteiger partial charge in [0, 0.05) is 13.2 Å². The van der Waals surface area contributed by atoms with E-state index in [-0.39, 0.29) is 17.5 Å². The van der Waals surface area contributed by atoms with Crippen molar-refractivity contribution in [3.63, 3.8) is 0 Å². The van der Waals surface area contributed by atoms with Crippen molar-refractivity contribution in [2.24, 2.45) is 5.84 Å². The number of methoxy groups -OCH3 is 1. The first-order chi connectivity index (χ1) is 8.39. The maximum atomic E-state index is 13.2. The molecule has 1 aromatic rings. The highest BCUT2D eigenvalue weighted by atomic mass is 19.1.